The summed E-state index contributed by atoms with van der Waals surface area (Å²) in [5.74, 6) is 0. The molecule has 146 valence electrons. The number of hydrogen-bond acceptors (Lipinski definition) is 1. The summed E-state index contributed by atoms with van der Waals surface area (Å²) >= 11 is 0. The molecule has 0 saturated heterocycles. The van der Waals surface area contributed by atoms with Gasteiger partial charge in [-0.25, -0.2) is 4.57 Å². The van der Waals surface area contributed by atoms with Gasteiger partial charge in [0.05, 0.1) is 5.56 Å². The van der Waals surface area contributed by atoms with Crippen molar-refractivity contribution in [2.45, 2.75) is 26.2 Å². The Morgan fingerprint density at radius 2 is 1.60 bits per heavy atom. The topological polar surface area (TPSA) is 17.0 Å². The van der Waals surface area contributed by atoms with Crippen molar-refractivity contribution in [1.82, 2.24) is 0 Å². The highest BCUT2D eigenvalue weighted by Crippen LogP contribution is 2.38. The van der Waals surface area contributed by atoms with Gasteiger partial charge >= 0.3 is 0 Å². The van der Waals surface area contributed by atoms with Crippen LogP contribution in [-0.4, -0.2) is 0 Å². The smallest absolute Gasteiger partial charge is 0.216 e. The molecule has 30 heavy (non-hydrogen) atoms. The molecule has 0 fully saturated rings. The average molecular weight is 391 g/mol. The van der Waals surface area contributed by atoms with Gasteiger partial charge in [-0.1, -0.05) is 36.4 Å². The number of pyridine rings is 1. The number of rotatable bonds is 2. The molecule has 5 aromatic rings. The summed E-state index contributed by atoms with van der Waals surface area (Å²) in [6.45, 7) is 2.16. The molecule has 2 nitrogen and oxygen atoms in total. The van der Waals surface area contributed by atoms with Gasteiger partial charge in [0, 0.05) is 22.9 Å². The van der Waals surface area contributed by atoms with Crippen molar-refractivity contribution in [3.63, 3.8) is 0 Å². The van der Waals surface area contributed by atoms with Crippen LogP contribution in [0.15, 0.2) is 77.3 Å². The standard InChI is InChI=1S/C28H24NO/c1-18-9-13-24-23-14-12-22(21-11-10-19-6-5-7-20(19)16-21)17-26(23)30-28(24)27(18)25-8-3-4-15-29(25)2/h3-4,8-17H,5-7H2,1-2H3/q+1. The lowest BCUT2D eigenvalue weighted by molar-refractivity contribution is -0.660. The minimum absolute atomic E-state index is 0.952. The molecular formula is C28H24NO+. The zero-order valence-electron chi connectivity index (χ0n) is 17.4. The molecule has 0 spiro atoms. The first kappa shape index (κ1) is 17.5. The summed E-state index contributed by atoms with van der Waals surface area (Å²) < 4.78 is 8.67. The Morgan fingerprint density at radius 3 is 2.50 bits per heavy atom. The van der Waals surface area contributed by atoms with Crippen LogP contribution >= 0.6 is 0 Å². The molecule has 2 heterocycles. The van der Waals surface area contributed by atoms with Crippen LogP contribution in [-0.2, 0) is 19.9 Å². The monoisotopic (exact) mass is 390 g/mol. The van der Waals surface area contributed by atoms with Crippen molar-refractivity contribution in [3.8, 4) is 22.4 Å². The van der Waals surface area contributed by atoms with Crippen LogP contribution in [0.3, 0.4) is 0 Å². The lowest BCUT2D eigenvalue weighted by atomic mass is 9.98. The molecule has 2 heteroatoms. The van der Waals surface area contributed by atoms with Crippen LogP contribution in [0.2, 0.25) is 0 Å². The first-order valence-corrected chi connectivity index (χ1v) is 10.7. The van der Waals surface area contributed by atoms with Gasteiger partial charge in [-0.15, -0.1) is 0 Å². The summed E-state index contributed by atoms with van der Waals surface area (Å²) in [5.41, 5.74) is 11.0. The van der Waals surface area contributed by atoms with Gasteiger partial charge in [-0.3, -0.25) is 0 Å². The van der Waals surface area contributed by atoms with Crippen molar-refractivity contribution in [2.75, 3.05) is 0 Å². The zero-order chi connectivity index (χ0) is 20.2. The van der Waals surface area contributed by atoms with Gasteiger partial charge < -0.3 is 4.42 Å². The van der Waals surface area contributed by atoms with Gasteiger partial charge in [0.1, 0.15) is 18.2 Å². The molecule has 0 unspecified atom stereocenters. The van der Waals surface area contributed by atoms with Crippen molar-refractivity contribution >= 4 is 21.9 Å². The van der Waals surface area contributed by atoms with Crippen LogP contribution in [0.4, 0.5) is 0 Å². The van der Waals surface area contributed by atoms with E-state index < -0.39 is 0 Å². The van der Waals surface area contributed by atoms with E-state index in [1.807, 2.05) is 0 Å². The number of hydrogen-bond donors (Lipinski definition) is 0. The molecule has 0 radical (unpaired) electrons. The fraction of sp³-hybridized carbons (Fsp3) is 0.179. The van der Waals surface area contributed by atoms with Crippen LogP contribution in [0, 0.1) is 6.92 Å². The van der Waals surface area contributed by atoms with E-state index in [9.17, 15) is 0 Å². The number of aromatic nitrogens is 1. The first-order valence-electron chi connectivity index (χ1n) is 10.7. The van der Waals surface area contributed by atoms with Crippen LogP contribution in [0.5, 0.6) is 0 Å². The second kappa shape index (κ2) is 6.56. The number of aryl methyl sites for hydroxylation is 4. The Kier molecular flexibility index (Phi) is 3.82. The molecule has 0 atom stereocenters. The van der Waals surface area contributed by atoms with Crippen molar-refractivity contribution in [1.29, 1.82) is 0 Å². The molecule has 1 aliphatic rings. The average Bonchev–Trinajstić information content (AvgIpc) is 3.37. The van der Waals surface area contributed by atoms with Crippen LogP contribution in [0.1, 0.15) is 23.1 Å². The first-order chi connectivity index (χ1) is 14.7. The number of furan rings is 1. The largest absolute Gasteiger partial charge is 0.455 e. The molecule has 6 rings (SSSR count). The summed E-state index contributed by atoms with van der Waals surface area (Å²) in [6.07, 6.45) is 5.78. The highest BCUT2D eigenvalue weighted by molar-refractivity contribution is 6.10. The predicted molar refractivity (Wildman–Crippen MR) is 123 cm³/mol. The summed E-state index contributed by atoms with van der Waals surface area (Å²) in [5, 5.41) is 2.35. The van der Waals surface area contributed by atoms with Gasteiger partial charge in [-0.05, 0) is 72.2 Å². The molecule has 0 aliphatic heterocycles. The maximum atomic E-state index is 6.52. The van der Waals surface area contributed by atoms with Gasteiger partial charge in [-0.2, -0.15) is 0 Å². The number of fused-ring (bicyclic) bond motifs is 4. The Hall–Kier alpha value is -3.39. The quantitative estimate of drug-likeness (QED) is 0.313. The third kappa shape index (κ3) is 2.60. The minimum atomic E-state index is 0.952. The lowest BCUT2D eigenvalue weighted by Crippen LogP contribution is -2.30. The fourth-order valence-corrected chi connectivity index (χ4v) is 4.97. The SMILES string of the molecule is Cc1ccc2c(oc3cc(-c4ccc5c(c4)CCC5)ccc32)c1-c1cccc[n+]1C. The summed E-state index contributed by atoms with van der Waals surface area (Å²) in [6, 6.07) is 24.3. The molecule has 0 amide bonds. The third-order valence-electron chi connectivity index (χ3n) is 6.59. The maximum Gasteiger partial charge on any atom is 0.216 e. The predicted octanol–water partition coefficient (Wildman–Crippen LogP) is 6.54. The summed E-state index contributed by atoms with van der Waals surface area (Å²) in [7, 11) is 2.09. The minimum Gasteiger partial charge on any atom is -0.455 e. The molecule has 0 bridgehead atoms. The third-order valence-corrected chi connectivity index (χ3v) is 6.59. The Labute approximate surface area is 176 Å². The van der Waals surface area contributed by atoms with E-state index in [4.69, 9.17) is 4.42 Å². The summed E-state index contributed by atoms with van der Waals surface area (Å²) in [4.78, 5) is 0. The lowest BCUT2D eigenvalue weighted by Gasteiger charge is -2.05. The molecule has 0 saturated carbocycles. The van der Waals surface area contributed by atoms with Crippen molar-refractivity contribution in [2.24, 2.45) is 7.05 Å². The van der Waals surface area contributed by atoms with Crippen molar-refractivity contribution in [3.05, 3.63) is 89.6 Å². The van der Waals surface area contributed by atoms with Crippen molar-refractivity contribution < 1.29 is 8.98 Å². The van der Waals surface area contributed by atoms with E-state index in [0.29, 0.717) is 0 Å². The van der Waals surface area contributed by atoms with E-state index >= 15 is 0 Å². The molecule has 0 N–H and O–H groups in total. The number of nitrogens with zero attached hydrogens (tertiary/aromatic N) is 1. The molecule has 1 aliphatic carbocycles. The zero-order valence-corrected chi connectivity index (χ0v) is 17.4. The highest BCUT2D eigenvalue weighted by atomic mass is 16.3. The van der Waals surface area contributed by atoms with E-state index in [0.717, 1.165) is 11.2 Å². The number of benzene rings is 3. The maximum absolute atomic E-state index is 6.52. The van der Waals surface area contributed by atoms with Crippen LogP contribution < -0.4 is 4.57 Å². The normalized spacial score (nSPS) is 13.3. The van der Waals surface area contributed by atoms with Crippen LogP contribution in [0.25, 0.3) is 44.3 Å². The van der Waals surface area contributed by atoms with E-state index in [1.54, 1.807) is 0 Å². The Morgan fingerprint density at radius 1 is 0.800 bits per heavy atom. The molecular weight excluding hydrogens is 366 g/mol. The highest BCUT2D eigenvalue weighted by Gasteiger charge is 2.20. The Balaban J connectivity index is 1.57. The second-order valence-corrected chi connectivity index (χ2v) is 8.48. The Bertz CT molecular complexity index is 1440. The van der Waals surface area contributed by atoms with Gasteiger partial charge in [0.25, 0.3) is 0 Å². The van der Waals surface area contributed by atoms with Gasteiger partial charge in [0.15, 0.2) is 6.20 Å². The van der Waals surface area contributed by atoms with Gasteiger partial charge in [0.2, 0.25) is 5.69 Å². The molecule has 3 aromatic carbocycles. The van der Waals surface area contributed by atoms with E-state index in [2.05, 4.69) is 91.5 Å². The van der Waals surface area contributed by atoms with E-state index in [1.165, 1.54) is 69.1 Å². The van der Waals surface area contributed by atoms with E-state index in [-0.39, 0.29) is 0 Å². The molecule has 2 aromatic heterocycles. The second-order valence-electron chi connectivity index (χ2n) is 8.48. The fourth-order valence-electron chi connectivity index (χ4n) is 4.97.